The maximum absolute atomic E-state index is 13.6. The number of hydrogen-bond donors (Lipinski definition) is 0. The fourth-order valence-electron chi connectivity index (χ4n) is 3.82. The van der Waals surface area contributed by atoms with E-state index in [0.29, 0.717) is 43.7 Å². The van der Waals surface area contributed by atoms with E-state index in [1.807, 2.05) is 25.1 Å². The number of carbonyl (C=O) groups excluding carboxylic acids is 1. The highest BCUT2D eigenvalue weighted by molar-refractivity contribution is 7.07. The van der Waals surface area contributed by atoms with E-state index in [0.717, 1.165) is 0 Å². The van der Waals surface area contributed by atoms with Crippen LogP contribution in [0.4, 0.5) is 5.88 Å². The normalized spacial score (nSPS) is 15.6. The molecule has 9 nitrogen and oxygen atoms in total. The zero-order valence-corrected chi connectivity index (χ0v) is 20.6. The van der Waals surface area contributed by atoms with Crippen LogP contribution in [-0.4, -0.2) is 46.0 Å². The number of aromatic nitrogens is 1. The van der Waals surface area contributed by atoms with Crippen molar-refractivity contribution in [1.29, 1.82) is 0 Å². The zero-order chi connectivity index (χ0) is 24.6. The summed E-state index contributed by atoms with van der Waals surface area (Å²) in [7, 11) is 8.12. The second-order valence-corrected chi connectivity index (χ2v) is 8.76. The Labute approximate surface area is 199 Å². The number of fused-ring (bicyclic) bond motifs is 1. The smallest absolute Gasteiger partial charge is 0.338 e. The molecule has 178 valence electrons. The standard InChI is InChI=1S/C24H25N3O6S/c1-13-20(23(29)32-6)21(16-9-7-14(30-4)11-17(16)31-5)27-22(28)18(34-24(27)25-13)12-15-8-10-19(33-15)26(2)3/h7-12,21H,1-6H3/b18-12-. The van der Waals surface area contributed by atoms with Crippen LogP contribution in [0.15, 0.2) is 55.8 Å². The number of rotatable bonds is 6. The van der Waals surface area contributed by atoms with E-state index in [1.165, 1.54) is 30.1 Å². The Bertz CT molecular complexity index is 1460. The van der Waals surface area contributed by atoms with Gasteiger partial charge in [-0.3, -0.25) is 9.36 Å². The van der Waals surface area contributed by atoms with E-state index >= 15 is 0 Å². The fourth-order valence-corrected chi connectivity index (χ4v) is 4.85. The Balaban J connectivity index is 1.97. The largest absolute Gasteiger partial charge is 0.497 e. The van der Waals surface area contributed by atoms with Gasteiger partial charge in [-0.1, -0.05) is 11.3 Å². The van der Waals surface area contributed by atoms with Crippen LogP contribution in [0.2, 0.25) is 0 Å². The van der Waals surface area contributed by atoms with Crippen molar-refractivity contribution in [1.82, 2.24) is 4.57 Å². The lowest BCUT2D eigenvalue weighted by Crippen LogP contribution is -2.40. The Hall–Kier alpha value is -3.79. The first-order valence-electron chi connectivity index (χ1n) is 10.4. The molecule has 0 saturated heterocycles. The number of nitrogens with zero attached hydrogens (tertiary/aromatic N) is 3. The highest BCUT2D eigenvalue weighted by Crippen LogP contribution is 2.37. The monoisotopic (exact) mass is 483 g/mol. The Kier molecular flexibility index (Phi) is 6.34. The summed E-state index contributed by atoms with van der Waals surface area (Å²) in [6, 6.07) is 8.07. The SMILES string of the molecule is COC(=O)C1=C(C)N=c2s/c(=C\c3ccc(N(C)C)o3)c(=O)n2C1c1ccc(OC)cc1OC. The van der Waals surface area contributed by atoms with E-state index in [2.05, 4.69) is 4.99 Å². The zero-order valence-electron chi connectivity index (χ0n) is 19.7. The first-order chi connectivity index (χ1) is 16.3. The number of hydrogen-bond acceptors (Lipinski definition) is 9. The minimum Gasteiger partial charge on any atom is -0.497 e. The number of allylic oxidation sites excluding steroid dienone is 1. The summed E-state index contributed by atoms with van der Waals surface area (Å²) in [5, 5.41) is 0. The van der Waals surface area contributed by atoms with Gasteiger partial charge in [0.15, 0.2) is 10.7 Å². The highest BCUT2D eigenvalue weighted by atomic mass is 32.1. The highest BCUT2D eigenvalue weighted by Gasteiger charge is 2.35. The third-order valence-corrected chi connectivity index (χ3v) is 6.47. The fraction of sp³-hybridized carbons (Fsp3) is 0.292. The number of benzene rings is 1. The van der Waals surface area contributed by atoms with E-state index in [1.54, 1.807) is 44.4 Å². The van der Waals surface area contributed by atoms with Gasteiger partial charge in [0.25, 0.3) is 5.56 Å². The topological polar surface area (TPSA) is 95.5 Å². The van der Waals surface area contributed by atoms with Gasteiger partial charge in [-0.25, -0.2) is 9.79 Å². The number of ether oxygens (including phenoxy) is 3. The maximum Gasteiger partial charge on any atom is 0.338 e. The Morgan fingerprint density at radius 1 is 1.18 bits per heavy atom. The summed E-state index contributed by atoms with van der Waals surface area (Å²) in [4.78, 5) is 33.3. The van der Waals surface area contributed by atoms with Crippen molar-refractivity contribution < 1.29 is 23.4 Å². The van der Waals surface area contributed by atoms with Crippen molar-refractivity contribution in [2.45, 2.75) is 13.0 Å². The van der Waals surface area contributed by atoms with Gasteiger partial charge >= 0.3 is 5.97 Å². The number of methoxy groups -OCH3 is 3. The quantitative estimate of drug-likeness (QED) is 0.496. The van der Waals surface area contributed by atoms with E-state index in [-0.39, 0.29) is 11.1 Å². The molecule has 1 aliphatic rings. The van der Waals surface area contributed by atoms with Crippen LogP contribution in [0.1, 0.15) is 24.3 Å². The van der Waals surface area contributed by atoms with Gasteiger partial charge in [-0.05, 0) is 25.1 Å². The third kappa shape index (κ3) is 4.01. The van der Waals surface area contributed by atoms with Crippen LogP contribution < -0.4 is 29.3 Å². The van der Waals surface area contributed by atoms with Gasteiger partial charge < -0.3 is 23.5 Å². The summed E-state index contributed by atoms with van der Waals surface area (Å²) < 4.78 is 23.7. The molecule has 0 amide bonds. The molecule has 3 heterocycles. The molecule has 0 aliphatic carbocycles. The summed E-state index contributed by atoms with van der Waals surface area (Å²) >= 11 is 1.22. The molecule has 1 aromatic carbocycles. The van der Waals surface area contributed by atoms with E-state index < -0.39 is 12.0 Å². The second-order valence-electron chi connectivity index (χ2n) is 7.75. The van der Waals surface area contributed by atoms with Gasteiger partial charge in [0, 0.05) is 37.9 Å². The second kappa shape index (κ2) is 9.22. The minimum absolute atomic E-state index is 0.262. The average Bonchev–Trinajstić information content (AvgIpc) is 3.42. The van der Waals surface area contributed by atoms with Crippen LogP contribution in [0, 0.1) is 0 Å². The third-order valence-electron chi connectivity index (χ3n) is 5.49. The van der Waals surface area contributed by atoms with Crippen molar-refractivity contribution in [3.8, 4) is 11.5 Å². The molecule has 34 heavy (non-hydrogen) atoms. The molecule has 0 N–H and O–H groups in total. The van der Waals surface area contributed by atoms with Crippen molar-refractivity contribution >= 4 is 29.3 Å². The molecule has 3 aromatic rings. The van der Waals surface area contributed by atoms with Crippen molar-refractivity contribution in [2.75, 3.05) is 40.3 Å². The molecule has 1 aliphatic heterocycles. The molecular weight excluding hydrogens is 458 g/mol. The minimum atomic E-state index is -0.791. The lowest BCUT2D eigenvalue weighted by atomic mass is 9.95. The predicted octanol–water partition coefficient (Wildman–Crippen LogP) is 2.08. The average molecular weight is 484 g/mol. The van der Waals surface area contributed by atoms with Gasteiger partial charge in [-0.15, -0.1) is 0 Å². The van der Waals surface area contributed by atoms with E-state index in [9.17, 15) is 9.59 Å². The van der Waals surface area contributed by atoms with Crippen molar-refractivity contribution in [3.63, 3.8) is 0 Å². The molecule has 0 spiro atoms. The summed E-state index contributed by atoms with van der Waals surface area (Å²) in [5.74, 6) is 1.69. The molecule has 1 atom stereocenters. The van der Waals surface area contributed by atoms with Crippen LogP contribution in [-0.2, 0) is 9.53 Å². The maximum atomic E-state index is 13.6. The summed E-state index contributed by atoms with van der Waals surface area (Å²) in [5.41, 5.74) is 1.04. The number of anilines is 1. The Morgan fingerprint density at radius 3 is 2.56 bits per heavy atom. The first-order valence-corrected chi connectivity index (χ1v) is 11.2. The molecule has 10 heteroatoms. The molecule has 0 bridgehead atoms. The summed E-state index contributed by atoms with van der Waals surface area (Å²) in [6.45, 7) is 1.72. The molecule has 2 aromatic heterocycles. The number of esters is 1. The molecule has 0 radical (unpaired) electrons. The number of thiazole rings is 1. The van der Waals surface area contributed by atoms with Crippen LogP contribution >= 0.6 is 11.3 Å². The summed E-state index contributed by atoms with van der Waals surface area (Å²) in [6.07, 6.45) is 1.68. The van der Waals surface area contributed by atoms with E-state index in [4.69, 9.17) is 18.6 Å². The van der Waals surface area contributed by atoms with Crippen molar-refractivity contribution in [3.05, 3.63) is 72.6 Å². The first kappa shape index (κ1) is 23.4. The molecule has 0 saturated carbocycles. The van der Waals surface area contributed by atoms with Crippen LogP contribution in [0.25, 0.3) is 6.08 Å². The van der Waals surface area contributed by atoms with Gasteiger partial charge in [-0.2, -0.15) is 0 Å². The van der Waals surface area contributed by atoms with Gasteiger partial charge in [0.2, 0.25) is 0 Å². The predicted molar refractivity (Wildman–Crippen MR) is 128 cm³/mol. The molecule has 0 fully saturated rings. The van der Waals surface area contributed by atoms with Crippen molar-refractivity contribution in [2.24, 2.45) is 4.99 Å². The lowest BCUT2D eigenvalue weighted by molar-refractivity contribution is -0.136. The molecule has 4 rings (SSSR count). The number of furan rings is 1. The van der Waals surface area contributed by atoms with Crippen LogP contribution in [0.5, 0.6) is 11.5 Å². The lowest BCUT2D eigenvalue weighted by Gasteiger charge is -2.25. The number of carbonyl (C=O) groups is 1. The van der Waals surface area contributed by atoms with Gasteiger partial charge in [0.05, 0.1) is 37.1 Å². The van der Waals surface area contributed by atoms with Gasteiger partial charge in [0.1, 0.15) is 23.3 Å². The van der Waals surface area contributed by atoms with Crippen LogP contribution in [0.3, 0.4) is 0 Å². The molecular formula is C24H25N3O6S. The Morgan fingerprint density at radius 2 is 1.94 bits per heavy atom. The molecule has 1 unspecified atom stereocenters.